The summed E-state index contributed by atoms with van der Waals surface area (Å²) in [5, 5.41) is 8.72. The van der Waals surface area contributed by atoms with Crippen LogP contribution in [0.15, 0.2) is 24.3 Å². The van der Waals surface area contributed by atoms with Gasteiger partial charge in [-0.3, -0.25) is 0 Å². The second kappa shape index (κ2) is 3.50. The highest BCUT2D eigenvalue weighted by molar-refractivity contribution is 5.28. The van der Waals surface area contributed by atoms with Gasteiger partial charge < -0.3 is 9.84 Å². The van der Waals surface area contributed by atoms with Gasteiger partial charge in [-0.2, -0.15) is 13.2 Å². The number of hydrogen-bond donors (Lipinski definition) is 1. The first-order valence-electron chi connectivity index (χ1n) is 4.46. The first kappa shape index (κ1) is 10.4. The van der Waals surface area contributed by atoms with Crippen molar-refractivity contribution in [2.24, 2.45) is 0 Å². The molecule has 0 unspecified atom stereocenters. The molecule has 0 aromatic heterocycles. The van der Waals surface area contributed by atoms with E-state index in [1.54, 1.807) is 0 Å². The van der Waals surface area contributed by atoms with Crippen LogP contribution in [0.1, 0.15) is 17.2 Å². The Morgan fingerprint density at radius 3 is 2.20 bits per heavy atom. The summed E-state index contributed by atoms with van der Waals surface area (Å²) in [5.41, 5.74) is -0.00509. The minimum atomic E-state index is -4.31. The van der Waals surface area contributed by atoms with Crippen molar-refractivity contribution < 1.29 is 23.0 Å². The average molecular weight is 218 g/mol. The van der Waals surface area contributed by atoms with Crippen LogP contribution in [0.4, 0.5) is 13.2 Å². The summed E-state index contributed by atoms with van der Waals surface area (Å²) < 4.78 is 41.7. The van der Waals surface area contributed by atoms with E-state index >= 15 is 0 Å². The van der Waals surface area contributed by atoms with Crippen molar-refractivity contribution in [2.45, 2.75) is 18.4 Å². The Kier molecular flexibility index (Phi) is 2.44. The Balaban J connectivity index is 2.12. The van der Waals surface area contributed by atoms with Gasteiger partial charge in [-0.25, -0.2) is 0 Å². The standard InChI is InChI=1S/C10H9F3O2/c11-10(12,13)7-3-1-6(2-4-7)9-8(5-14)15-9/h1-4,8-9,14H,5H2/t8-,9-/m1/s1. The lowest BCUT2D eigenvalue weighted by Crippen LogP contribution is -2.04. The van der Waals surface area contributed by atoms with Gasteiger partial charge in [0.05, 0.1) is 12.2 Å². The largest absolute Gasteiger partial charge is 0.416 e. The van der Waals surface area contributed by atoms with E-state index in [4.69, 9.17) is 9.84 Å². The molecule has 1 N–H and O–H groups in total. The summed E-state index contributed by atoms with van der Waals surface area (Å²) >= 11 is 0. The summed E-state index contributed by atoms with van der Waals surface area (Å²) in [4.78, 5) is 0. The number of rotatable bonds is 2. The van der Waals surface area contributed by atoms with Crippen LogP contribution in [0.2, 0.25) is 0 Å². The summed E-state index contributed by atoms with van der Waals surface area (Å²) in [6, 6.07) is 4.79. The topological polar surface area (TPSA) is 32.8 Å². The van der Waals surface area contributed by atoms with E-state index in [-0.39, 0.29) is 18.8 Å². The summed E-state index contributed by atoms with van der Waals surface area (Å²) in [5.74, 6) is 0. The van der Waals surface area contributed by atoms with Crippen LogP contribution < -0.4 is 0 Å². The summed E-state index contributed by atoms with van der Waals surface area (Å²) in [7, 11) is 0. The number of aliphatic hydroxyl groups is 1. The van der Waals surface area contributed by atoms with Gasteiger partial charge in [0.15, 0.2) is 0 Å². The van der Waals surface area contributed by atoms with Crippen molar-refractivity contribution in [2.75, 3.05) is 6.61 Å². The molecule has 1 aliphatic heterocycles. The van der Waals surface area contributed by atoms with Gasteiger partial charge in [0.2, 0.25) is 0 Å². The molecule has 0 saturated carbocycles. The third-order valence-electron chi connectivity index (χ3n) is 2.33. The number of alkyl halides is 3. The van der Waals surface area contributed by atoms with Gasteiger partial charge in [0.1, 0.15) is 12.2 Å². The number of benzene rings is 1. The van der Waals surface area contributed by atoms with Crippen LogP contribution in [0, 0.1) is 0 Å². The lowest BCUT2D eigenvalue weighted by Gasteiger charge is -2.06. The quantitative estimate of drug-likeness (QED) is 0.771. The zero-order chi connectivity index (χ0) is 11.1. The molecule has 82 valence electrons. The second-order valence-electron chi connectivity index (χ2n) is 3.40. The molecule has 1 aliphatic rings. The van der Waals surface area contributed by atoms with Crippen molar-refractivity contribution in [1.29, 1.82) is 0 Å². The lowest BCUT2D eigenvalue weighted by atomic mass is 10.1. The van der Waals surface area contributed by atoms with Crippen LogP contribution in [0.3, 0.4) is 0 Å². The minimum absolute atomic E-state index is 0.105. The predicted molar refractivity (Wildman–Crippen MR) is 46.1 cm³/mol. The first-order valence-corrected chi connectivity index (χ1v) is 4.46. The van der Waals surface area contributed by atoms with Gasteiger partial charge in [0.25, 0.3) is 0 Å². The third kappa shape index (κ3) is 2.13. The Hall–Kier alpha value is -1.07. The normalized spacial score (nSPS) is 25.3. The fraction of sp³-hybridized carbons (Fsp3) is 0.400. The van der Waals surface area contributed by atoms with E-state index in [0.29, 0.717) is 5.56 Å². The van der Waals surface area contributed by atoms with E-state index in [1.807, 2.05) is 0 Å². The van der Waals surface area contributed by atoms with Crippen molar-refractivity contribution in [1.82, 2.24) is 0 Å². The van der Waals surface area contributed by atoms with Crippen LogP contribution in [0.5, 0.6) is 0 Å². The van der Waals surface area contributed by atoms with Gasteiger partial charge in [-0.1, -0.05) is 12.1 Å². The lowest BCUT2D eigenvalue weighted by molar-refractivity contribution is -0.137. The molecule has 5 heteroatoms. The molecule has 0 amide bonds. The maximum Gasteiger partial charge on any atom is 0.416 e. The second-order valence-corrected chi connectivity index (χ2v) is 3.40. The number of ether oxygens (including phenoxy) is 1. The fourth-order valence-corrected chi connectivity index (χ4v) is 1.44. The first-order chi connectivity index (χ1) is 7.02. The molecule has 2 atom stereocenters. The molecule has 1 saturated heterocycles. The summed E-state index contributed by atoms with van der Waals surface area (Å²) in [6.07, 6.45) is -4.82. The number of aliphatic hydroxyl groups excluding tert-OH is 1. The van der Waals surface area contributed by atoms with Crippen molar-refractivity contribution in [3.63, 3.8) is 0 Å². The number of hydrogen-bond acceptors (Lipinski definition) is 2. The minimum Gasteiger partial charge on any atom is -0.394 e. The highest BCUT2D eigenvalue weighted by atomic mass is 19.4. The molecule has 1 aromatic rings. The zero-order valence-corrected chi connectivity index (χ0v) is 7.66. The van der Waals surface area contributed by atoms with Crippen molar-refractivity contribution in [3.8, 4) is 0 Å². The maximum atomic E-state index is 12.2. The Labute approximate surface area is 84.3 Å². The van der Waals surface area contributed by atoms with Gasteiger partial charge in [0, 0.05) is 0 Å². The van der Waals surface area contributed by atoms with Crippen LogP contribution in [0.25, 0.3) is 0 Å². The molecule has 0 radical (unpaired) electrons. The Bertz CT molecular complexity index is 345. The molecule has 1 heterocycles. The molecule has 15 heavy (non-hydrogen) atoms. The molecule has 1 fully saturated rings. The fourth-order valence-electron chi connectivity index (χ4n) is 1.44. The smallest absolute Gasteiger partial charge is 0.394 e. The molecular weight excluding hydrogens is 209 g/mol. The molecule has 0 aliphatic carbocycles. The molecule has 0 bridgehead atoms. The van der Waals surface area contributed by atoms with Gasteiger partial charge >= 0.3 is 6.18 Å². The van der Waals surface area contributed by atoms with E-state index in [9.17, 15) is 13.2 Å². The average Bonchev–Trinajstić information content (AvgIpc) is 2.95. The van der Waals surface area contributed by atoms with Crippen LogP contribution in [-0.2, 0) is 10.9 Å². The summed E-state index contributed by atoms with van der Waals surface area (Å²) in [6.45, 7) is -0.105. The maximum absolute atomic E-state index is 12.2. The van der Waals surface area contributed by atoms with Crippen molar-refractivity contribution in [3.05, 3.63) is 35.4 Å². The molecule has 2 rings (SSSR count). The van der Waals surface area contributed by atoms with Crippen LogP contribution >= 0.6 is 0 Å². The number of halogens is 3. The molecular formula is C10H9F3O2. The van der Waals surface area contributed by atoms with E-state index in [2.05, 4.69) is 0 Å². The predicted octanol–water partition coefficient (Wildman–Crippen LogP) is 2.14. The number of epoxide rings is 1. The zero-order valence-electron chi connectivity index (χ0n) is 7.66. The van der Waals surface area contributed by atoms with Crippen molar-refractivity contribution >= 4 is 0 Å². The van der Waals surface area contributed by atoms with E-state index in [0.717, 1.165) is 12.1 Å². The molecule has 2 nitrogen and oxygen atoms in total. The Morgan fingerprint density at radius 1 is 1.20 bits per heavy atom. The molecule has 0 spiro atoms. The Morgan fingerprint density at radius 2 is 1.80 bits per heavy atom. The van der Waals surface area contributed by atoms with E-state index < -0.39 is 11.7 Å². The molecule has 1 aromatic carbocycles. The third-order valence-corrected chi connectivity index (χ3v) is 2.33. The highest BCUT2D eigenvalue weighted by Gasteiger charge is 2.40. The van der Waals surface area contributed by atoms with E-state index in [1.165, 1.54) is 12.1 Å². The monoisotopic (exact) mass is 218 g/mol. The van der Waals surface area contributed by atoms with Gasteiger partial charge in [-0.15, -0.1) is 0 Å². The SMILES string of the molecule is OC[C@H]1O[C@@H]1c1ccc(C(F)(F)F)cc1. The van der Waals surface area contributed by atoms with Crippen LogP contribution in [-0.4, -0.2) is 17.8 Å². The van der Waals surface area contributed by atoms with Gasteiger partial charge in [-0.05, 0) is 17.7 Å². The highest BCUT2D eigenvalue weighted by Crippen LogP contribution is 2.39.